The van der Waals surface area contributed by atoms with Gasteiger partial charge < -0.3 is 4.74 Å². The number of halogens is 1. The minimum absolute atomic E-state index is 0.0941. The largest absolute Gasteiger partial charge is 0.377 e. The first-order valence-electron chi connectivity index (χ1n) is 6.77. The molecule has 0 bridgehead atoms. The van der Waals surface area contributed by atoms with E-state index in [9.17, 15) is 8.42 Å². The fraction of sp³-hybridized carbons (Fsp3) is 1.00. The summed E-state index contributed by atoms with van der Waals surface area (Å²) in [7, 11) is -3.15. The van der Waals surface area contributed by atoms with Gasteiger partial charge in [0.05, 0.1) is 11.9 Å². The standard InChI is InChI=1S/C12H22ClNO3S/c13-6-5-11-3-1-7-14(9-11)18(15,16)10-12-4-2-8-17-12/h11-12H,1-10H2. The number of ether oxygens (including phenoxy) is 1. The first-order valence-corrected chi connectivity index (χ1v) is 8.91. The lowest BCUT2D eigenvalue weighted by molar-refractivity contribution is 0.125. The van der Waals surface area contributed by atoms with Gasteiger partial charge in [0.2, 0.25) is 10.0 Å². The van der Waals surface area contributed by atoms with Crippen LogP contribution < -0.4 is 0 Å². The number of hydrogen-bond donors (Lipinski definition) is 0. The first-order chi connectivity index (χ1) is 8.62. The van der Waals surface area contributed by atoms with E-state index in [1.807, 2.05) is 0 Å². The van der Waals surface area contributed by atoms with Crippen molar-refractivity contribution in [1.82, 2.24) is 4.31 Å². The molecule has 2 fully saturated rings. The smallest absolute Gasteiger partial charge is 0.216 e. The predicted octanol–water partition coefficient (Wildman–Crippen LogP) is 1.84. The lowest BCUT2D eigenvalue weighted by Gasteiger charge is -2.32. The van der Waals surface area contributed by atoms with Gasteiger partial charge in [0.25, 0.3) is 0 Å². The van der Waals surface area contributed by atoms with E-state index in [1.54, 1.807) is 4.31 Å². The average Bonchev–Trinajstić information content (AvgIpc) is 2.82. The summed E-state index contributed by atoms with van der Waals surface area (Å²) in [6.07, 6.45) is 4.72. The molecule has 4 nitrogen and oxygen atoms in total. The van der Waals surface area contributed by atoms with Crippen LogP contribution in [0.4, 0.5) is 0 Å². The molecular formula is C12H22ClNO3S. The highest BCUT2D eigenvalue weighted by Gasteiger charge is 2.32. The number of rotatable bonds is 5. The molecule has 0 aromatic heterocycles. The number of hydrogen-bond acceptors (Lipinski definition) is 3. The molecule has 0 amide bonds. The van der Waals surface area contributed by atoms with Gasteiger partial charge in [0.15, 0.2) is 0 Å². The second kappa shape index (κ2) is 6.55. The fourth-order valence-corrected chi connectivity index (χ4v) is 4.88. The van der Waals surface area contributed by atoms with E-state index >= 15 is 0 Å². The van der Waals surface area contributed by atoms with E-state index in [2.05, 4.69) is 0 Å². The maximum atomic E-state index is 12.3. The average molecular weight is 296 g/mol. The molecule has 2 aliphatic heterocycles. The van der Waals surface area contributed by atoms with Crippen LogP contribution >= 0.6 is 11.6 Å². The zero-order valence-electron chi connectivity index (χ0n) is 10.7. The van der Waals surface area contributed by atoms with Gasteiger partial charge in [-0.05, 0) is 38.0 Å². The maximum absolute atomic E-state index is 12.3. The molecule has 2 heterocycles. The van der Waals surface area contributed by atoms with E-state index in [1.165, 1.54) is 0 Å². The van der Waals surface area contributed by atoms with Crippen molar-refractivity contribution in [2.75, 3.05) is 31.3 Å². The maximum Gasteiger partial charge on any atom is 0.216 e. The van der Waals surface area contributed by atoms with Gasteiger partial charge in [-0.15, -0.1) is 11.6 Å². The third kappa shape index (κ3) is 3.83. The monoisotopic (exact) mass is 295 g/mol. The van der Waals surface area contributed by atoms with Crippen molar-refractivity contribution < 1.29 is 13.2 Å². The van der Waals surface area contributed by atoms with Gasteiger partial charge in [-0.2, -0.15) is 0 Å². The van der Waals surface area contributed by atoms with Crippen LogP contribution in [0, 0.1) is 5.92 Å². The Kier molecular flexibility index (Phi) is 5.30. The Morgan fingerprint density at radius 2 is 2.11 bits per heavy atom. The highest BCUT2D eigenvalue weighted by atomic mass is 35.5. The molecule has 106 valence electrons. The number of nitrogens with zero attached hydrogens (tertiary/aromatic N) is 1. The highest BCUT2D eigenvalue weighted by Crippen LogP contribution is 2.24. The molecule has 2 rings (SSSR count). The van der Waals surface area contributed by atoms with Crippen LogP contribution in [0.3, 0.4) is 0 Å². The van der Waals surface area contributed by atoms with Crippen molar-refractivity contribution in [2.24, 2.45) is 5.92 Å². The molecule has 0 spiro atoms. The van der Waals surface area contributed by atoms with Crippen molar-refractivity contribution in [3.63, 3.8) is 0 Å². The van der Waals surface area contributed by atoms with Gasteiger partial charge in [-0.3, -0.25) is 0 Å². The van der Waals surface area contributed by atoms with Crippen LogP contribution in [0.1, 0.15) is 32.1 Å². The Bertz CT molecular complexity index is 352. The van der Waals surface area contributed by atoms with Crippen LogP contribution in [0.5, 0.6) is 0 Å². The Morgan fingerprint density at radius 3 is 2.78 bits per heavy atom. The summed E-state index contributed by atoms with van der Waals surface area (Å²) >= 11 is 5.75. The molecule has 18 heavy (non-hydrogen) atoms. The van der Waals surface area contributed by atoms with E-state index in [0.717, 1.165) is 32.1 Å². The number of sulfonamides is 1. The summed E-state index contributed by atoms with van der Waals surface area (Å²) < 4.78 is 31.7. The van der Waals surface area contributed by atoms with Crippen molar-refractivity contribution in [2.45, 2.75) is 38.2 Å². The van der Waals surface area contributed by atoms with E-state index in [4.69, 9.17) is 16.3 Å². The summed E-state index contributed by atoms with van der Waals surface area (Å²) in [6, 6.07) is 0. The molecule has 0 N–H and O–H groups in total. The molecule has 0 saturated carbocycles. The van der Waals surface area contributed by atoms with E-state index < -0.39 is 10.0 Å². The Labute approximate surface area is 115 Å². The summed E-state index contributed by atoms with van der Waals surface area (Å²) in [6.45, 7) is 2.00. The summed E-state index contributed by atoms with van der Waals surface area (Å²) in [5, 5.41) is 0. The lowest BCUT2D eigenvalue weighted by atomic mass is 9.97. The van der Waals surface area contributed by atoms with Gasteiger partial charge in [-0.1, -0.05) is 0 Å². The van der Waals surface area contributed by atoms with Crippen LogP contribution in [-0.2, 0) is 14.8 Å². The fourth-order valence-electron chi connectivity index (χ4n) is 2.79. The third-order valence-electron chi connectivity index (χ3n) is 3.81. The molecule has 2 unspecified atom stereocenters. The van der Waals surface area contributed by atoms with Crippen LogP contribution in [0.15, 0.2) is 0 Å². The van der Waals surface area contributed by atoms with Crippen molar-refractivity contribution in [3.8, 4) is 0 Å². The minimum Gasteiger partial charge on any atom is -0.377 e. The molecule has 2 saturated heterocycles. The zero-order chi connectivity index (χ0) is 13.0. The third-order valence-corrected chi connectivity index (χ3v) is 5.94. The van der Waals surface area contributed by atoms with Gasteiger partial charge in [-0.25, -0.2) is 12.7 Å². The SMILES string of the molecule is O=S(=O)(CC1CCCO1)N1CCCC(CCCl)C1. The zero-order valence-corrected chi connectivity index (χ0v) is 12.3. The predicted molar refractivity (Wildman–Crippen MR) is 72.4 cm³/mol. The van der Waals surface area contributed by atoms with Crippen LogP contribution in [0.25, 0.3) is 0 Å². The van der Waals surface area contributed by atoms with Crippen LogP contribution in [-0.4, -0.2) is 50.2 Å². The van der Waals surface area contributed by atoms with Gasteiger partial charge in [0, 0.05) is 25.6 Å². The molecule has 0 aromatic carbocycles. The number of alkyl halides is 1. The van der Waals surface area contributed by atoms with Crippen molar-refractivity contribution >= 4 is 21.6 Å². The Morgan fingerprint density at radius 1 is 1.28 bits per heavy atom. The molecule has 2 atom stereocenters. The first kappa shape index (κ1) is 14.6. The molecule has 2 aliphatic rings. The van der Waals surface area contributed by atoms with Crippen LogP contribution in [0.2, 0.25) is 0 Å². The highest BCUT2D eigenvalue weighted by molar-refractivity contribution is 7.89. The molecular weight excluding hydrogens is 274 g/mol. The van der Waals surface area contributed by atoms with E-state index in [0.29, 0.717) is 31.5 Å². The number of piperidine rings is 1. The summed E-state index contributed by atoms with van der Waals surface area (Å²) in [5.74, 6) is 1.20. The molecule has 6 heteroatoms. The Balaban J connectivity index is 1.91. The second-order valence-electron chi connectivity index (χ2n) is 5.26. The van der Waals surface area contributed by atoms with E-state index in [-0.39, 0.29) is 11.9 Å². The quantitative estimate of drug-likeness (QED) is 0.727. The second-order valence-corrected chi connectivity index (χ2v) is 7.65. The van der Waals surface area contributed by atoms with Crippen molar-refractivity contribution in [3.05, 3.63) is 0 Å². The Hall–Kier alpha value is 0.160. The summed E-state index contributed by atoms with van der Waals surface area (Å²) in [4.78, 5) is 0. The molecule has 0 radical (unpaired) electrons. The van der Waals surface area contributed by atoms with Gasteiger partial charge in [0.1, 0.15) is 0 Å². The normalized spacial score (nSPS) is 30.7. The topological polar surface area (TPSA) is 46.6 Å². The molecule has 0 aromatic rings. The summed E-state index contributed by atoms with van der Waals surface area (Å²) in [5.41, 5.74) is 0. The van der Waals surface area contributed by atoms with Crippen molar-refractivity contribution in [1.29, 1.82) is 0 Å². The van der Waals surface area contributed by atoms with Gasteiger partial charge >= 0.3 is 0 Å². The lowest BCUT2D eigenvalue weighted by Crippen LogP contribution is -2.43. The molecule has 0 aliphatic carbocycles. The minimum atomic E-state index is -3.15.